The Balaban J connectivity index is 1.82. The van der Waals surface area contributed by atoms with Crippen molar-refractivity contribution < 1.29 is 10.2 Å². The second kappa shape index (κ2) is 4.38. The molecule has 2 aliphatic carbocycles. The van der Waals surface area contributed by atoms with E-state index in [0.717, 1.165) is 24.9 Å². The van der Waals surface area contributed by atoms with Crippen molar-refractivity contribution in [1.29, 1.82) is 0 Å². The highest BCUT2D eigenvalue weighted by molar-refractivity contribution is 5.81. The largest absolute Gasteiger partial charge is 0.396 e. The molecular formula is C14H19N5O2. The maximum absolute atomic E-state index is 9.78. The molecule has 21 heavy (non-hydrogen) atoms. The third-order valence-corrected chi connectivity index (χ3v) is 5.54. The van der Waals surface area contributed by atoms with Crippen molar-refractivity contribution in [3.8, 4) is 0 Å². The summed E-state index contributed by atoms with van der Waals surface area (Å²) in [4.78, 5) is 12.6. The lowest BCUT2D eigenvalue weighted by molar-refractivity contribution is 0.00467. The van der Waals surface area contributed by atoms with Crippen molar-refractivity contribution >= 4 is 17.0 Å². The summed E-state index contributed by atoms with van der Waals surface area (Å²) in [6, 6.07) is 0.226. The Morgan fingerprint density at radius 2 is 2.05 bits per heavy atom. The van der Waals surface area contributed by atoms with Crippen LogP contribution in [0.1, 0.15) is 25.3 Å². The quantitative estimate of drug-likeness (QED) is 0.752. The number of aliphatic hydroxyl groups excluding tert-OH is 2. The minimum absolute atomic E-state index is 0.0327. The Kier molecular flexibility index (Phi) is 2.71. The summed E-state index contributed by atoms with van der Waals surface area (Å²) in [5, 5.41) is 19.6. The molecule has 7 nitrogen and oxygen atoms in total. The summed E-state index contributed by atoms with van der Waals surface area (Å²) >= 11 is 0. The fourth-order valence-electron chi connectivity index (χ4n) is 4.55. The lowest BCUT2D eigenvalue weighted by Gasteiger charge is -2.34. The summed E-state index contributed by atoms with van der Waals surface area (Å²) in [6.45, 7) is 0.0653. The van der Waals surface area contributed by atoms with Crippen LogP contribution in [0.5, 0.6) is 0 Å². The van der Waals surface area contributed by atoms with Crippen molar-refractivity contribution in [3.63, 3.8) is 0 Å². The Bertz CT molecular complexity index is 681. The van der Waals surface area contributed by atoms with E-state index >= 15 is 0 Å². The Hall–Kier alpha value is -1.73. The minimum atomic E-state index is -0.372. The van der Waals surface area contributed by atoms with Crippen LogP contribution in [-0.4, -0.2) is 42.9 Å². The van der Waals surface area contributed by atoms with Crippen LogP contribution in [0.3, 0.4) is 0 Å². The first kappa shape index (κ1) is 13.0. The number of aliphatic hydroxyl groups is 2. The minimum Gasteiger partial charge on any atom is -0.396 e. The van der Waals surface area contributed by atoms with Crippen molar-refractivity contribution in [3.05, 3.63) is 12.7 Å². The predicted octanol–water partition coefficient (Wildman–Crippen LogP) is 0.350. The third-order valence-electron chi connectivity index (χ3n) is 5.54. The predicted molar refractivity (Wildman–Crippen MR) is 76.2 cm³/mol. The fraction of sp³-hybridized carbons (Fsp3) is 0.643. The van der Waals surface area contributed by atoms with Crippen LogP contribution in [0.25, 0.3) is 11.2 Å². The van der Waals surface area contributed by atoms with Gasteiger partial charge in [-0.1, -0.05) is 0 Å². The zero-order valence-corrected chi connectivity index (χ0v) is 11.7. The first-order chi connectivity index (χ1) is 10.2. The maximum atomic E-state index is 9.78. The lowest BCUT2D eigenvalue weighted by Crippen LogP contribution is -2.36. The van der Waals surface area contributed by atoms with E-state index in [4.69, 9.17) is 5.73 Å². The SMILES string of the molecule is Nc1ncnc2c1ncn2[C@@H]1[C@H]2CC[C@@H]1C(CO)(CO)C2. The van der Waals surface area contributed by atoms with Gasteiger partial charge in [-0.25, -0.2) is 15.0 Å². The zero-order chi connectivity index (χ0) is 14.6. The summed E-state index contributed by atoms with van der Waals surface area (Å²) in [5.41, 5.74) is 6.85. The smallest absolute Gasteiger partial charge is 0.165 e. The third kappa shape index (κ3) is 1.58. The fourth-order valence-corrected chi connectivity index (χ4v) is 4.55. The molecule has 0 radical (unpaired) electrons. The van der Waals surface area contributed by atoms with E-state index < -0.39 is 0 Å². The summed E-state index contributed by atoms with van der Waals surface area (Å²) in [6.07, 6.45) is 6.23. The zero-order valence-electron chi connectivity index (χ0n) is 11.7. The molecule has 2 fully saturated rings. The summed E-state index contributed by atoms with van der Waals surface area (Å²) < 4.78 is 2.07. The maximum Gasteiger partial charge on any atom is 0.165 e. The summed E-state index contributed by atoms with van der Waals surface area (Å²) in [5.74, 6) is 1.09. The van der Waals surface area contributed by atoms with Gasteiger partial charge in [-0.05, 0) is 31.1 Å². The number of fused-ring (bicyclic) bond motifs is 3. The molecule has 0 spiro atoms. The molecule has 0 aromatic carbocycles. The van der Waals surface area contributed by atoms with Crippen LogP contribution in [-0.2, 0) is 0 Å². The standard InChI is InChI=1S/C14H19N5O2/c15-12-10-13(17-6-16-12)19(7-18-10)11-8-1-2-9(11)14(3-8,4-20)5-21/h6-9,11,20-21H,1-5H2,(H2,15,16,17)/t8-,9-,11+/m0/s1. The van der Waals surface area contributed by atoms with Crippen LogP contribution in [0.4, 0.5) is 5.82 Å². The normalized spacial score (nSPS) is 30.3. The van der Waals surface area contributed by atoms with Gasteiger partial charge in [0, 0.05) is 11.5 Å². The molecule has 2 aromatic heterocycles. The number of hydrogen-bond acceptors (Lipinski definition) is 6. The van der Waals surface area contributed by atoms with E-state index in [1.807, 2.05) is 0 Å². The number of aromatic nitrogens is 4. The van der Waals surface area contributed by atoms with E-state index in [9.17, 15) is 10.2 Å². The molecular weight excluding hydrogens is 270 g/mol. The first-order valence-electron chi connectivity index (χ1n) is 7.35. The number of nitrogens with two attached hydrogens (primary N) is 1. The van der Waals surface area contributed by atoms with Crippen LogP contribution in [0.15, 0.2) is 12.7 Å². The highest BCUT2D eigenvalue weighted by Gasteiger charge is 2.57. The number of anilines is 1. The van der Waals surface area contributed by atoms with Gasteiger partial charge in [0.05, 0.1) is 19.5 Å². The molecule has 7 heteroatoms. The molecule has 4 rings (SSSR count). The molecule has 3 atom stereocenters. The number of rotatable bonds is 3. The van der Waals surface area contributed by atoms with Crippen LogP contribution in [0.2, 0.25) is 0 Å². The molecule has 2 aromatic rings. The number of nitrogen functional groups attached to an aromatic ring is 1. The van der Waals surface area contributed by atoms with Crippen molar-refractivity contribution in [2.75, 3.05) is 18.9 Å². The second-order valence-electron chi connectivity index (χ2n) is 6.40. The van der Waals surface area contributed by atoms with Crippen molar-refractivity contribution in [2.45, 2.75) is 25.3 Å². The monoisotopic (exact) mass is 289 g/mol. The number of imidazole rings is 1. The van der Waals surface area contributed by atoms with Crippen LogP contribution in [0, 0.1) is 17.3 Å². The van der Waals surface area contributed by atoms with E-state index in [1.165, 1.54) is 6.33 Å². The molecule has 112 valence electrons. The van der Waals surface area contributed by atoms with Crippen LogP contribution < -0.4 is 5.73 Å². The van der Waals surface area contributed by atoms with Crippen molar-refractivity contribution in [2.24, 2.45) is 17.3 Å². The molecule has 2 aliphatic rings. The van der Waals surface area contributed by atoms with E-state index in [1.54, 1.807) is 6.33 Å². The average Bonchev–Trinajstić information content (AvgIpc) is 3.17. The Morgan fingerprint density at radius 3 is 2.76 bits per heavy atom. The molecule has 0 aliphatic heterocycles. The Labute approximate surface area is 121 Å². The number of hydrogen-bond donors (Lipinski definition) is 3. The van der Waals surface area contributed by atoms with Crippen molar-refractivity contribution in [1.82, 2.24) is 19.5 Å². The molecule has 0 saturated heterocycles. The Morgan fingerprint density at radius 1 is 1.24 bits per heavy atom. The number of nitrogens with zero attached hydrogens (tertiary/aromatic N) is 4. The van der Waals surface area contributed by atoms with Gasteiger partial charge >= 0.3 is 0 Å². The molecule has 2 saturated carbocycles. The van der Waals surface area contributed by atoms with Gasteiger partial charge in [0.25, 0.3) is 0 Å². The second-order valence-corrected chi connectivity index (χ2v) is 6.40. The summed E-state index contributed by atoms with van der Waals surface area (Å²) in [7, 11) is 0. The van der Waals surface area contributed by atoms with Gasteiger partial charge in [-0.3, -0.25) is 0 Å². The molecule has 4 N–H and O–H groups in total. The molecule has 2 heterocycles. The van der Waals surface area contributed by atoms with E-state index in [0.29, 0.717) is 17.3 Å². The lowest BCUT2D eigenvalue weighted by atomic mass is 9.74. The molecule has 2 bridgehead atoms. The van der Waals surface area contributed by atoms with Gasteiger partial charge in [0.1, 0.15) is 11.8 Å². The van der Waals surface area contributed by atoms with E-state index in [2.05, 4.69) is 19.5 Å². The highest BCUT2D eigenvalue weighted by Crippen LogP contribution is 2.61. The van der Waals surface area contributed by atoms with E-state index in [-0.39, 0.29) is 30.6 Å². The van der Waals surface area contributed by atoms with Gasteiger partial charge in [-0.2, -0.15) is 0 Å². The van der Waals surface area contributed by atoms with Gasteiger partial charge in [0.2, 0.25) is 0 Å². The molecule has 0 unspecified atom stereocenters. The van der Waals surface area contributed by atoms with Gasteiger partial charge in [-0.15, -0.1) is 0 Å². The van der Waals surface area contributed by atoms with Crippen LogP contribution >= 0.6 is 0 Å². The highest BCUT2D eigenvalue weighted by atomic mass is 16.3. The van der Waals surface area contributed by atoms with Gasteiger partial charge in [0.15, 0.2) is 11.5 Å². The molecule has 0 amide bonds. The topological polar surface area (TPSA) is 110 Å². The van der Waals surface area contributed by atoms with Gasteiger partial charge < -0.3 is 20.5 Å². The first-order valence-corrected chi connectivity index (χ1v) is 7.35. The average molecular weight is 289 g/mol.